The number of aliphatic hydroxyl groups is 1. The number of rotatable bonds is 11. The van der Waals surface area contributed by atoms with Gasteiger partial charge >= 0.3 is 6.18 Å². The number of alkyl halides is 3. The summed E-state index contributed by atoms with van der Waals surface area (Å²) in [5.74, 6) is 0.749. The molecule has 1 saturated heterocycles. The van der Waals surface area contributed by atoms with E-state index in [0.29, 0.717) is 56.7 Å². The Balaban J connectivity index is 1.51. The monoisotopic (exact) mass is 517 g/mol. The van der Waals surface area contributed by atoms with Gasteiger partial charge in [0.2, 0.25) is 0 Å². The highest BCUT2D eigenvalue weighted by molar-refractivity contribution is 5.55. The van der Waals surface area contributed by atoms with Crippen LogP contribution >= 0.6 is 0 Å². The lowest BCUT2D eigenvalue weighted by molar-refractivity contribution is -0.137. The zero-order chi connectivity index (χ0) is 27.1. The molecule has 2 aromatic carbocycles. The fourth-order valence-corrected chi connectivity index (χ4v) is 4.91. The van der Waals surface area contributed by atoms with E-state index in [0.717, 1.165) is 31.1 Å². The maximum absolute atomic E-state index is 13.3. The Hall–Kier alpha value is -2.76. The SMILES string of the molecule is CCC(CC)NC(CC)c1ccc(OCCC2(O)CCN(c3ccc(C#N)c(C(F)(F)F)c3)CC2)cc1. The van der Waals surface area contributed by atoms with E-state index in [1.54, 1.807) is 6.07 Å². The third-order valence-corrected chi connectivity index (χ3v) is 7.44. The predicted molar refractivity (Wildman–Crippen MR) is 140 cm³/mol. The molecule has 1 heterocycles. The van der Waals surface area contributed by atoms with E-state index >= 15 is 0 Å². The van der Waals surface area contributed by atoms with Crippen LogP contribution in [0.3, 0.4) is 0 Å². The fraction of sp³-hybridized carbons (Fsp3) is 0.552. The van der Waals surface area contributed by atoms with Crippen LogP contribution in [0.4, 0.5) is 18.9 Å². The summed E-state index contributed by atoms with van der Waals surface area (Å²) < 4.78 is 45.9. The molecule has 1 fully saturated rings. The van der Waals surface area contributed by atoms with Crippen molar-refractivity contribution in [3.8, 4) is 11.8 Å². The molecule has 202 valence electrons. The molecule has 0 saturated carbocycles. The number of anilines is 1. The number of nitriles is 1. The zero-order valence-corrected chi connectivity index (χ0v) is 21.9. The molecule has 0 radical (unpaired) electrons. The molecule has 37 heavy (non-hydrogen) atoms. The van der Waals surface area contributed by atoms with Crippen LogP contribution < -0.4 is 15.0 Å². The summed E-state index contributed by atoms with van der Waals surface area (Å²) in [4.78, 5) is 1.82. The van der Waals surface area contributed by atoms with Crippen LogP contribution in [0.1, 0.15) is 82.0 Å². The van der Waals surface area contributed by atoms with Gasteiger partial charge in [0, 0.05) is 37.3 Å². The lowest BCUT2D eigenvalue weighted by Crippen LogP contribution is -2.45. The highest BCUT2D eigenvalue weighted by Crippen LogP contribution is 2.36. The first kappa shape index (κ1) is 28.8. The second-order valence-corrected chi connectivity index (χ2v) is 9.86. The number of halogens is 3. The largest absolute Gasteiger partial charge is 0.493 e. The van der Waals surface area contributed by atoms with Crippen LogP contribution in [0.15, 0.2) is 42.5 Å². The zero-order valence-electron chi connectivity index (χ0n) is 21.9. The molecule has 1 aliphatic rings. The van der Waals surface area contributed by atoms with Crippen molar-refractivity contribution in [2.45, 2.75) is 83.2 Å². The van der Waals surface area contributed by atoms with Crippen molar-refractivity contribution in [1.29, 1.82) is 5.26 Å². The first-order chi connectivity index (χ1) is 17.6. The number of ether oxygens (including phenoxy) is 1. The van der Waals surface area contributed by atoms with Crippen molar-refractivity contribution < 1.29 is 23.0 Å². The average molecular weight is 518 g/mol. The predicted octanol–water partition coefficient (Wildman–Crippen LogP) is 6.61. The Labute approximate surface area is 218 Å². The van der Waals surface area contributed by atoms with Gasteiger partial charge in [-0.2, -0.15) is 18.4 Å². The molecule has 0 amide bonds. The molecule has 1 aliphatic heterocycles. The lowest BCUT2D eigenvalue weighted by atomic mass is 9.88. The van der Waals surface area contributed by atoms with Gasteiger partial charge in [0.25, 0.3) is 0 Å². The second-order valence-electron chi connectivity index (χ2n) is 9.86. The van der Waals surface area contributed by atoms with E-state index in [-0.39, 0.29) is 5.56 Å². The third kappa shape index (κ3) is 7.62. The molecule has 1 unspecified atom stereocenters. The van der Waals surface area contributed by atoms with E-state index in [2.05, 4.69) is 38.2 Å². The van der Waals surface area contributed by atoms with E-state index in [4.69, 9.17) is 10.00 Å². The minimum Gasteiger partial charge on any atom is -0.493 e. The van der Waals surface area contributed by atoms with Gasteiger partial charge in [-0.25, -0.2) is 0 Å². The van der Waals surface area contributed by atoms with Crippen molar-refractivity contribution >= 4 is 5.69 Å². The molecule has 2 aromatic rings. The maximum Gasteiger partial charge on any atom is 0.417 e. The van der Waals surface area contributed by atoms with Gasteiger partial charge in [0.05, 0.1) is 29.4 Å². The normalized spacial score (nSPS) is 16.5. The minimum atomic E-state index is -4.59. The van der Waals surface area contributed by atoms with Crippen LogP contribution in [0, 0.1) is 11.3 Å². The minimum absolute atomic E-state index is 0.299. The quantitative estimate of drug-likeness (QED) is 0.351. The summed E-state index contributed by atoms with van der Waals surface area (Å²) in [6, 6.07) is 14.3. The van der Waals surface area contributed by atoms with Crippen molar-refractivity contribution in [2.75, 3.05) is 24.6 Å². The summed E-state index contributed by atoms with van der Waals surface area (Å²) in [5, 5.41) is 23.7. The second kappa shape index (κ2) is 12.7. The summed E-state index contributed by atoms with van der Waals surface area (Å²) in [5.41, 5.74) is -0.604. The van der Waals surface area contributed by atoms with E-state index in [9.17, 15) is 18.3 Å². The third-order valence-electron chi connectivity index (χ3n) is 7.44. The molecule has 0 bridgehead atoms. The molecule has 0 spiro atoms. The van der Waals surface area contributed by atoms with Crippen LogP contribution in [0.5, 0.6) is 5.75 Å². The Morgan fingerprint density at radius 2 is 1.70 bits per heavy atom. The Bertz CT molecular complexity index is 1040. The first-order valence-corrected chi connectivity index (χ1v) is 13.2. The van der Waals surface area contributed by atoms with Gasteiger partial charge < -0.3 is 20.1 Å². The standard InChI is InChI=1S/C29H38F3N3O2/c1-4-23(5-2)34-27(6-3)21-8-11-25(12-9-21)37-18-15-28(36)13-16-35(17-14-28)24-10-7-22(20-33)26(19-24)29(30,31)32/h7-12,19,23,27,34,36H,4-6,13-18H2,1-3H3. The van der Waals surface area contributed by atoms with Gasteiger partial charge in [0.1, 0.15) is 5.75 Å². The summed E-state index contributed by atoms with van der Waals surface area (Å²) in [6.45, 7) is 7.77. The highest BCUT2D eigenvalue weighted by atomic mass is 19.4. The molecule has 5 nitrogen and oxygen atoms in total. The van der Waals surface area contributed by atoms with Crippen molar-refractivity contribution in [3.63, 3.8) is 0 Å². The van der Waals surface area contributed by atoms with Gasteiger partial charge in [-0.05, 0) is 68.0 Å². The van der Waals surface area contributed by atoms with Crippen LogP contribution in [-0.2, 0) is 6.18 Å². The summed E-state index contributed by atoms with van der Waals surface area (Å²) >= 11 is 0. The fourth-order valence-electron chi connectivity index (χ4n) is 4.91. The van der Waals surface area contributed by atoms with Crippen molar-refractivity contribution in [3.05, 3.63) is 59.2 Å². The number of hydrogen-bond acceptors (Lipinski definition) is 5. The van der Waals surface area contributed by atoms with E-state index in [1.807, 2.05) is 17.0 Å². The number of hydrogen-bond donors (Lipinski definition) is 2. The van der Waals surface area contributed by atoms with Gasteiger partial charge in [-0.15, -0.1) is 0 Å². The topological polar surface area (TPSA) is 68.5 Å². The van der Waals surface area contributed by atoms with E-state index < -0.39 is 17.3 Å². The van der Waals surface area contributed by atoms with Gasteiger partial charge in [-0.3, -0.25) is 0 Å². The number of nitrogens with zero attached hydrogens (tertiary/aromatic N) is 2. The molecule has 2 N–H and O–H groups in total. The van der Waals surface area contributed by atoms with E-state index in [1.165, 1.54) is 17.7 Å². The molecular weight excluding hydrogens is 479 g/mol. The van der Waals surface area contributed by atoms with Gasteiger partial charge in [-0.1, -0.05) is 32.9 Å². The molecule has 3 rings (SSSR count). The maximum atomic E-state index is 13.3. The average Bonchev–Trinajstić information content (AvgIpc) is 2.89. The van der Waals surface area contributed by atoms with Gasteiger partial charge in [0.15, 0.2) is 0 Å². The molecule has 1 atom stereocenters. The lowest BCUT2D eigenvalue weighted by Gasteiger charge is -2.39. The molecular formula is C29H38F3N3O2. The van der Waals surface area contributed by atoms with Crippen molar-refractivity contribution in [2.24, 2.45) is 0 Å². The Kier molecular flexibility index (Phi) is 9.86. The van der Waals surface area contributed by atoms with Crippen LogP contribution in [0.2, 0.25) is 0 Å². The Morgan fingerprint density at radius 3 is 2.24 bits per heavy atom. The molecule has 0 aliphatic carbocycles. The first-order valence-electron chi connectivity index (χ1n) is 13.2. The molecule has 0 aromatic heterocycles. The summed E-state index contributed by atoms with van der Waals surface area (Å²) in [7, 11) is 0. The number of benzene rings is 2. The number of piperidine rings is 1. The van der Waals surface area contributed by atoms with Crippen LogP contribution in [0.25, 0.3) is 0 Å². The van der Waals surface area contributed by atoms with Crippen LogP contribution in [-0.4, -0.2) is 36.4 Å². The Morgan fingerprint density at radius 1 is 1.05 bits per heavy atom. The number of nitrogens with one attached hydrogen (secondary N) is 1. The molecule has 8 heteroatoms. The highest BCUT2D eigenvalue weighted by Gasteiger charge is 2.36. The smallest absolute Gasteiger partial charge is 0.417 e. The van der Waals surface area contributed by atoms with Crippen molar-refractivity contribution in [1.82, 2.24) is 5.32 Å². The summed E-state index contributed by atoms with van der Waals surface area (Å²) in [6.07, 6.45) is -0.103.